The van der Waals surface area contributed by atoms with Gasteiger partial charge in [-0.15, -0.1) is 0 Å². The fourth-order valence-electron chi connectivity index (χ4n) is 4.22. The van der Waals surface area contributed by atoms with E-state index in [-0.39, 0.29) is 16.8 Å². The van der Waals surface area contributed by atoms with Gasteiger partial charge in [0, 0.05) is 0 Å². The molecular formula is C27H29F3O3S2. The van der Waals surface area contributed by atoms with Crippen LogP contribution in [0.3, 0.4) is 0 Å². The molecule has 0 saturated heterocycles. The monoisotopic (exact) mass is 522 g/mol. The zero-order valence-corrected chi connectivity index (χ0v) is 20.9. The van der Waals surface area contributed by atoms with Crippen molar-refractivity contribution in [2.45, 2.75) is 64.6 Å². The Morgan fingerprint density at radius 3 is 1.43 bits per heavy atom. The molecule has 3 aromatic carbocycles. The maximum Gasteiger partial charge on any atom is 0.404 e. The third-order valence-electron chi connectivity index (χ3n) is 5.92. The van der Waals surface area contributed by atoms with Crippen LogP contribution in [0.25, 0.3) is 0 Å². The van der Waals surface area contributed by atoms with Crippen LogP contribution in [0.2, 0.25) is 0 Å². The molecule has 35 heavy (non-hydrogen) atoms. The highest BCUT2D eigenvalue weighted by Crippen LogP contribution is 2.35. The van der Waals surface area contributed by atoms with Crippen molar-refractivity contribution in [3.05, 3.63) is 91.0 Å². The van der Waals surface area contributed by atoms with Gasteiger partial charge in [0.05, 0.1) is 10.9 Å². The minimum atomic E-state index is -5.30. The predicted molar refractivity (Wildman–Crippen MR) is 132 cm³/mol. The maximum absolute atomic E-state index is 12.4. The summed E-state index contributed by atoms with van der Waals surface area (Å²) in [5.74, 6) is -0.288. The van der Waals surface area contributed by atoms with Crippen LogP contribution in [0.15, 0.2) is 106 Å². The van der Waals surface area contributed by atoms with Crippen LogP contribution in [0.4, 0.5) is 13.2 Å². The average Bonchev–Trinajstić information content (AvgIpc) is 2.84. The van der Waals surface area contributed by atoms with E-state index >= 15 is 0 Å². The highest BCUT2D eigenvalue weighted by atomic mass is 32.2. The zero-order valence-electron chi connectivity index (χ0n) is 19.2. The second-order valence-corrected chi connectivity index (χ2v) is 12.1. The van der Waals surface area contributed by atoms with Crippen LogP contribution in [0.1, 0.15) is 38.5 Å². The SMILES string of the molecule is O=S(=O)([O-])C(CC1CCCCC1)C(F)(F)F.c1ccc([S+](c2ccccc2)c2ccccc2)cc1. The summed E-state index contributed by atoms with van der Waals surface area (Å²) in [6.07, 6.45) is -1.75. The molecular weight excluding hydrogens is 493 g/mol. The van der Waals surface area contributed by atoms with E-state index in [0.29, 0.717) is 12.8 Å². The molecule has 1 aliphatic rings. The summed E-state index contributed by atoms with van der Waals surface area (Å²) in [7, 11) is -5.31. The normalized spacial score (nSPS) is 15.8. The zero-order chi connectivity index (χ0) is 25.3. The quantitative estimate of drug-likeness (QED) is 0.254. The van der Waals surface area contributed by atoms with E-state index in [1.54, 1.807) is 0 Å². The third kappa shape index (κ3) is 8.40. The average molecular weight is 523 g/mol. The molecule has 188 valence electrons. The standard InChI is InChI=1S/C18H15S.C9H15F3O3S/c1-4-10-16(11-5-1)19(17-12-6-2-7-13-17)18-14-8-3-9-15-18;10-9(11,12)8(16(13,14)15)6-7-4-2-1-3-5-7/h1-15H;7-8H,1-6H2,(H,13,14,15)/q+1;/p-1. The summed E-state index contributed by atoms with van der Waals surface area (Å²) >= 11 is 0. The Labute approximate surface area is 208 Å². The van der Waals surface area contributed by atoms with Gasteiger partial charge in [0.15, 0.2) is 14.7 Å². The molecule has 1 aliphatic carbocycles. The molecule has 0 bridgehead atoms. The van der Waals surface area contributed by atoms with Crippen molar-refractivity contribution in [2.24, 2.45) is 5.92 Å². The van der Waals surface area contributed by atoms with Crippen LogP contribution in [-0.4, -0.2) is 24.4 Å². The molecule has 1 unspecified atom stereocenters. The summed E-state index contributed by atoms with van der Waals surface area (Å²) < 4.78 is 68.9. The lowest BCUT2D eigenvalue weighted by atomic mass is 9.86. The highest BCUT2D eigenvalue weighted by molar-refractivity contribution is 7.97. The first kappa shape index (κ1) is 27.3. The number of alkyl halides is 3. The molecule has 0 aromatic heterocycles. The third-order valence-corrected chi connectivity index (χ3v) is 9.31. The van der Waals surface area contributed by atoms with Crippen LogP contribution >= 0.6 is 0 Å². The van der Waals surface area contributed by atoms with E-state index in [2.05, 4.69) is 91.0 Å². The van der Waals surface area contributed by atoms with Gasteiger partial charge >= 0.3 is 6.18 Å². The summed E-state index contributed by atoms with van der Waals surface area (Å²) in [4.78, 5) is 4.08. The Balaban J connectivity index is 0.000000199. The molecule has 0 N–H and O–H groups in total. The van der Waals surface area contributed by atoms with E-state index in [1.807, 2.05) is 0 Å². The van der Waals surface area contributed by atoms with Crippen molar-refractivity contribution in [1.29, 1.82) is 0 Å². The van der Waals surface area contributed by atoms with Gasteiger partial charge in [0.2, 0.25) is 0 Å². The Bertz CT molecular complexity index is 1020. The number of halogens is 3. The van der Waals surface area contributed by atoms with Gasteiger partial charge in [0.1, 0.15) is 15.4 Å². The molecule has 0 aliphatic heterocycles. The Hall–Kier alpha value is -2.29. The molecule has 3 nitrogen and oxygen atoms in total. The van der Waals surface area contributed by atoms with Gasteiger partial charge in [-0.05, 0) is 48.7 Å². The molecule has 1 saturated carbocycles. The van der Waals surface area contributed by atoms with E-state index in [9.17, 15) is 26.1 Å². The smallest absolute Gasteiger partial charge is 0.404 e. The molecule has 4 rings (SSSR count). The van der Waals surface area contributed by atoms with Gasteiger partial charge in [-0.1, -0.05) is 86.7 Å². The van der Waals surface area contributed by atoms with E-state index in [1.165, 1.54) is 14.7 Å². The van der Waals surface area contributed by atoms with E-state index in [4.69, 9.17) is 0 Å². The molecule has 0 amide bonds. The van der Waals surface area contributed by atoms with Gasteiger partial charge in [-0.25, -0.2) is 8.42 Å². The summed E-state index contributed by atoms with van der Waals surface area (Å²) in [6, 6.07) is 32.2. The minimum absolute atomic E-state index is 0.0146. The molecule has 0 spiro atoms. The largest absolute Gasteiger partial charge is 0.747 e. The second kappa shape index (κ2) is 12.6. The van der Waals surface area contributed by atoms with Crippen molar-refractivity contribution in [3.63, 3.8) is 0 Å². The fraction of sp³-hybridized carbons (Fsp3) is 0.333. The Kier molecular flexibility index (Phi) is 9.83. The summed E-state index contributed by atoms with van der Waals surface area (Å²) in [6.45, 7) is 0. The highest BCUT2D eigenvalue weighted by Gasteiger charge is 2.45. The van der Waals surface area contributed by atoms with E-state index in [0.717, 1.165) is 19.3 Å². The van der Waals surface area contributed by atoms with Crippen molar-refractivity contribution < 1.29 is 26.1 Å². The van der Waals surface area contributed by atoms with Crippen molar-refractivity contribution in [1.82, 2.24) is 0 Å². The van der Waals surface area contributed by atoms with Crippen molar-refractivity contribution in [3.8, 4) is 0 Å². The summed E-state index contributed by atoms with van der Waals surface area (Å²) in [5.41, 5.74) is 0. The number of rotatable bonds is 6. The number of hydrogen-bond donors (Lipinski definition) is 0. The maximum atomic E-state index is 12.4. The molecule has 1 fully saturated rings. The van der Waals surface area contributed by atoms with Gasteiger partial charge < -0.3 is 4.55 Å². The number of benzene rings is 3. The van der Waals surface area contributed by atoms with Gasteiger partial charge in [-0.3, -0.25) is 0 Å². The summed E-state index contributed by atoms with van der Waals surface area (Å²) in [5, 5.41) is -2.73. The Morgan fingerprint density at radius 2 is 1.11 bits per heavy atom. The lowest BCUT2D eigenvalue weighted by Crippen LogP contribution is -2.38. The lowest BCUT2D eigenvalue weighted by molar-refractivity contribution is -0.135. The van der Waals surface area contributed by atoms with Crippen LogP contribution < -0.4 is 0 Å². The predicted octanol–water partition coefficient (Wildman–Crippen LogP) is 7.21. The first-order valence-electron chi connectivity index (χ1n) is 11.6. The molecule has 1 atom stereocenters. The molecule has 8 heteroatoms. The number of hydrogen-bond acceptors (Lipinski definition) is 3. The Morgan fingerprint density at radius 1 is 0.743 bits per heavy atom. The van der Waals surface area contributed by atoms with Crippen LogP contribution in [-0.2, 0) is 21.0 Å². The second-order valence-electron chi connectivity index (χ2n) is 8.51. The topological polar surface area (TPSA) is 57.2 Å². The van der Waals surface area contributed by atoms with Gasteiger partial charge in [0.25, 0.3) is 0 Å². The first-order valence-corrected chi connectivity index (χ1v) is 14.3. The minimum Gasteiger partial charge on any atom is -0.747 e. The lowest BCUT2D eigenvalue weighted by Gasteiger charge is -2.29. The molecule has 0 heterocycles. The van der Waals surface area contributed by atoms with Crippen LogP contribution in [0, 0.1) is 5.92 Å². The first-order chi connectivity index (χ1) is 16.7. The van der Waals surface area contributed by atoms with E-state index < -0.39 is 28.0 Å². The molecule has 0 radical (unpaired) electrons. The van der Waals surface area contributed by atoms with Crippen molar-refractivity contribution >= 4 is 21.0 Å². The van der Waals surface area contributed by atoms with Crippen LogP contribution in [0.5, 0.6) is 0 Å². The van der Waals surface area contributed by atoms with Gasteiger partial charge in [-0.2, -0.15) is 13.2 Å². The molecule has 3 aromatic rings. The van der Waals surface area contributed by atoms with Crippen molar-refractivity contribution in [2.75, 3.05) is 0 Å². The fourth-order valence-corrected chi connectivity index (χ4v) is 7.16.